The Hall–Kier alpha value is -3.13. The Morgan fingerprint density at radius 1 is 1.04 bits per heavy atom. The van der Waals surface area contributed by atoms with Gasteiger partial charge in [-0.1, -0.05) is 5.21 Å². The van der Waals surface area contributed by atoms with Gasteiger partial charge in [-0.2, -0.15) is 0 Å². The molecule has 0 atom stereocenters. The van der Waals surface area contributed by atoms with Gasteiger partial charge in [0.25, 0.3) is 0 Å². The van der Waals surface area contributed by atoms with Gasteiger partial charge in [-0.05, 0) is 50.2 Å². The molecule has 8 nitrogen and oxygen atoms in total. The fourth-order valence-corrected chi connectivity index (χ4v) is 3.62. The van der Waals surface area contributed by atoms with Gasteiger partial charge in [-0.3, -0.25) is 5.10 Å². The van der Waals surface area contributed by atoms with Crippen LogP contribution < -0.4 is 10.2 Å². The molecule has 0 amide bonds. The molecule has 1 aliphatic rings. The molecular weight excluding hydrogens is 340 g/mol. The van der Waals surface area contributed by atoms with Gasteiger partial charge in [0.15, 0.2) is 5.82 Å². The zero-order valence-corrected chi connectivity index (χ0v) is 15.1. The van der Waals surface area contributed by atoms with E-state index in [-0.39, 0.29) is 0 Å². The second-order valence-corrected chi connectivity index (χ2v) is 6.93. The van der Waals surface area contributed by atoms with Crippen LogP contribution in [0.4, 0.5) is 5.82 Å². The van der Waals surface area contributed by atoms with Crippen molar-refractivity contribution in [3.05, 3.63) is 36.7 Å². The molecule has 8 heteroatoms. The van der Waals surface area contributed by atoms with Crippen molar-refractivity contribution in [3.63, 3.8) is 0 Å². The first-order chi connectivity index (χ1) is 13.3. The van der Waals surface area contributed by atoms with Crippen LogP contribution in [-0.4, -0.2) is 56.5 Å². The van der Waals surface area contributed by atoms with E-state index < -0.39 is 0 Å². The molecule has 0 spiro atoms. The number of fused-ring (bicyclic) bond motifs is 2. The molecular formula is C19H20N8. The highest BCUT2D eigenvalue weighted by atomic mass is 15.3. The third kappa shape index (κ3) is 2.97. The van der Waals surface area contributed by atoms with E-state index in [1.165, 1.54) is 0 Å². The van der Waals surface area contributed by atoms with Gasteiger partial charge in [0, 0.05) is 30.2 Å². The minimum Gasteiger partial charge on any atom is -0.357 e. The molecule has 0 radical (unpaired) electrons. The summed E-state index contributed by atoms with van der Waals surface area (Å²) in [7, 11) is 2.12. The number of nitrogens with zero attached hydrogens (tertiary/aromatic N) is 6. The minimum atomic E-state index is 0.520. The van der Waals surface area contributed by atoms with Crippen LogP contribution in [0.1, 0.15) is 12.8 Å². The van der Waals surface area contributed by atoms with Crippen molar-refractivity contribution >= 4 is 27.8 Å². The maximum absolute atomic E-state index is 4.69. The van der Waals surface area contributed by atoms with Crippen LogP contribution in [0.5, 0.6) is 0 Å². The van der Waals surface area contributed by atoms with Crippen molar-refractivity contribution in [2.24, 2.45) is 0 Å². The Balaban J connectivity index is 1.47. The molecule has 3 aromatic heterocycles. The highest BCUT2D eigenvalue weighted by molar-refractivity contribution is 5.83. The monoisotopic (exact) mass is 360 g/mol. The van der Waals surface area contributed by atoms with Gasteiger partial charge in [0.1, 0.15) is 11.3 Å². The van der Waals surface area contributed by atoms with E-state index in [1.54, 1.807) is 0 Å². The van der Waals surface area contributed by atoms with E-state index >= 15 is 0 Å². The maximum atomic E-state index is 4.69. The van der Waals surface area contributed by atoms with Crippen molar-refractivity contribution in [1.82, 2.24) is 35.7 Å². The predicted octanol–water partition coefficient (Wildman–Crippen LogP) is 2.15. The average Bonchev–Trinajstić information content (AvgIpc) is 3.21. The van der Waals surface area contributed by atoms with Gasteiger partial charge in [-0.25, -0.2) is 15.0 Å². The number of aromatic nitrogens is 6. The van der Waals surface area contributed by atoms with Crippen molar-refractivity contribution in [3.8, 4) is 11.4 Å². The summed E-state index contributed by atoms with van der Waals surface area (Å²) in [5.74, 6) is 1.64. The quantitative estimate of drug-likeness (QED) is 0.578. The normalized spacial score (nSPS) is 15.4. The fourth-order valence-electron chi connectivity index (χ4n) is 3.62. The van der Waals surface area contributed by atoms with Crippen LogP contribution >= 0.6 is 0 Å². The number of anilines is 1. The second kappa shape index (κ2) is 6.55. The van der Waals surface area contributed by atoms with Gasteiger partial charge in [0.05, 0.1) is 17.2 Å². The van der Waals surface area contributed by atoms with Crippen LogP contribution in [0.2, 0.25) is 0 Å². The number of hydrogen-bond acceptors (Lipinski definition) is 7. The molecule has 136 valence electrons. The smallest absolute Gasteiger partial charge is 0.159 e. The zero-order valence-electron chi connectivity index (χ0n) is 15.1. The number of pyridine rings is 1. The Labute approximate surface area is 156 Å². The average molecular weight is 360 g/mol. The Morgan fingerprint density at radius 2 is 1.93 bits per heavy atom. The lowest BCUT2D eigenvalue weighted by molar-refractivity contribution is 0.442. The van der Waals surface area contributed by atoms with Gasteiger partial charge in [-0.15, -0.1) is 5.10 Å². The number of aromatic amines is 1. The number of benzene rings is 1. The number of rotatable bonds is 3. The lowest BCUT2D eigenvalue weighted by Crippen LogP contribution is -2.41. The van der Waals surface area contributed by atoms with E-state index in [4.69, 9.17) is 4.98 Å². The summed E-state index contributed by atoms with van der Waals surface area (Å²) in [4.78, 5) is 16.2. The van der Waals surface area contributed by atoms with Crippen molar-refractivity contribution in [2.75, 3.05) is 25.0 Å². The molecule has 1 saturated heterocycles. The maximum Gasteiger partial charge on any atom is 0.159 e. The summed E-state index contributed by atoms with van der Waals surface area (Å²) in [6.45, 7) is 2.12. The summed E-state index contributed by atoms with van der Waals surface area (Å²) in [6.07, 6.45) is 5.98. The van der Waals surface area contributed by atoms with E-state index in [0.29, 0.717) is 11.9 Å². The number of H-pyrrole nitrogens is 1. The van der Waals surface area contributed by atoms with Crippen LogP contribution in [-0.2, 0) is 0 Å². The predicted molar refractivity (Wildman–Crippen MR) is 105 cm³/mol. The molecule has 0 aliphatic carbocycles. The van der Waals surface area contributed by atoms with Crippen LogP contribution in [0, 0.1) is 0 Å². The van der Waals surface area contributed by atoms with Crippen molar-refractivity contribution in [2.45, 2.75) is 18.9 Å². The molecule has 1 aromatic carbocycles. The first kappa shape index (κ1) is 16.1. The number of hydrogen-bond donors (Lipinski definition) is 2. The first-order valence-electron chi connectivity index (χ1n) is 9.15. The van der Waals surface area contributed by atoms with Gasteiger partial charge in [0.2, 0.25) is 0 Å². The summed E-state index contributed by atoms with van der Waals surface area (Å²) in [5.41, 5.74) is 3.46. The van der Waals surface area contributed by atoms with E-state index in [2.05, 4.69) is 48.7 Å². The van der Waals surface area contributed by atoms with E-state index in [0.717, 1.165) is 59.2 Å². The van der Waals surface area contributed by atoms with Crippen LogP contribution in [0.25, 0.3) is 33.3 Å². The molecule has 4 aromatic rings. The fraction of sp³-hybridized carbons (Fsp3) is 0.316. The Kier molecular flexibility index (Phi) is 3.90. The lowest BCUT2D eigenvalue weighted by atomic mass is 10.1. The van der Waals surface area contributed by atoms with E-state index in [1.807, 2.05) is 30.6 Å². The standard InChI is InChI=1S/C19H20N8/c1-27(14-4-6-20-7-5-14)18-9-13-10-22-19(23-17(13)11-21-18)12-2-3-15-16(8-12)25-26-24-15/h2-3,8-11,14,20H,4-7H2,1H3,(H,24,25,26). The summed E-state index contributed by atoms with van der Waals surface area (Å²) in [5, 5.41) is 15.1. The molecule has 27 heavy (non-hydrogen) atoms. The summed E-state index contributed by atoms with van der Waals surface area (Å²) in [6, 6.07) is 8.42. The SMILES string of the molecule is CN(c1cc2cnc(-c3ccc4nn[nH]c4c3)nc2cn1)C1CCNCC1. The lowest BCUT2D eigenvalue weighted by Gasteiger charge is -2.32. The molecule has 0 saturated carbocycles. The van der Waals surface area contributed by atoms with Crippen LogP contribution in [0.15, 0.2) is 36.7 Å². The highest BCUT2D eigenvalue weighted by Crippen LogP contribution is 2.24. The van der Waals surface area contributed by atoms with E-state index in [9.17, 15) is 0 Å². The molecule has 5 rings (SSSR count). The Bertz CT molecular complexity index is 1100. The largest absolute Gasteiger partial charge is 0.357 e. The van der Waals surface area contributed by atoms with Gasteiger partial charge >= 0.3 is 0 Å². The third-order valence-electron chi connectivity index (χ3n) is 5.25. The minimum absolute atomic E-state index is 0.520. The zero-order chi connectivity index (χ0) is 18.2. The topological polar surface area (TPSA) is 95.5 Å². The molecule has 4 heterocycles. The van der Waals surface area contributed by atoms with Gasteiger partial charge < -0.3 is 10.2 Å². The number of nitrogens with one attached hydrogen (secondary N) is 2. The molecule has 1 aliphatic heterocycles. The summed E-state index contributed by atoms with van der Waals surface area (Å²) < 4.78 is 0. The number of piperidine rings is 1. The van der Waals surface area contributed by atoms with Crippen molar-refractivity contribution < 1.29 is 0 Å². The molecule has 0 unspecified atom stereocenters. The first-order valence-corrected chi connectivity index (χ1v) is 9.15. The second-order valence-electron chi connectivity index (χ2n) is 6.93. The molecule has 0 bridgehead atoms. The Morgan fingerprint density at radius 3 is 2.81 bits per heavy atom. The van der Waals surface area contributed by atoms with Crippen LogP contribution in [0.3, 0.4) is 0 Å². The highest BCUT2D eigenvalue weighted by Gasteiger charge is 2.19. The van der Waals surface area contributed by atoms with Crippen molar-refractivity contribution in [1.29, 1.82) is 0 Å². The third-order valence-corrected chi connectivity index (χ3v) is 5.25. The molecule has 2 N–H and O–H groups in total. The molecule has 1 fully saturated rings. The summed E-state index contributed by atoms with van der Waals surface area (Å²) >= 11 is 0.